The maximum absolute atomic E-state index is 9.43. The maximum atomic E-state index is 9.43. The van der Waals surface area contributed by atoms with Gasteiger partial charge in [0.2, 0.25) is 0 Å². The number of aliphatic hydroxyl groups excluding tert-OH is 1. The summed E-state index contributed by atoms with van der Waals surface area (Å²) >= 11 is 0. The van der Waals surface area contributed by atoms with E-state index in [0.29, 0.717) is 0 Å². The molecular formula is C20H45N3O. The Labute approximate surface area is 152 Å². The molecule has 2 N–H and O–H groups in total. The predicted octanol–water partition coefficient (Wildman–Crippen LogP) is 3.70. The number of aliphatic hydroxyl groups is 1. The van der Waals surface area contributed by atoms with Gasteiger partial charge >= 0.3 is 0 Å². The smallest absolute Gasteiger partial charge is 0.104 e. The van der Waals surface area contributed by atoms with E-state index in [4.69, 9.17) is 0 Å². The van der Waals surface area contributed by atoms with Gasteiger partial charge in [0.05, 0.1) is 0 Å². The van der Waals surface area contributed by atoms with Crippen molar-refractivity contribution in [3.63, 3.8) is 0 Å². The second-order valence-electron chi connectivity index (χ2n) is 7.35. The van der Waals surface area contributed by atoms with Gasteiger partial charge in [-0.3, -0.25) is 4.90 Å². The zero-order chi connectivity index (χ0) is 18.0. The van der Waals surface area contributed by atoms with Gasteiger partial charge in [-0.2, -0.15) is 0 Å². The highest BCUT2D eigenvalue weighted by molar-refractivity contribution is 4.59. The van der Waals surface area contributed by atoms with Crippen LogP contribution in [0, 0.1) is 0 Å². The van der Waals surface area contributed by atoms with E-state index in [9.17, 15) is 5.11 Å². The van der Waals surface area contributed by atoms with E-state index in [1.54, 1.807) is 0 Å². The van der Waals surface area contributed by atoms with Crippen LogP contribution >= 0.6 is 0 Å². The quantitative estimate of drug-likeness (QED) is 0.294. The van der Waals surface area contributed by atoms with Crippen LogP contribution in [-0.2, 0) is 0 Å². The standard InChI is InChI=1S/C20H45N3O/c1-5-6-7-8-9-10-11-12-13-14-15-21-16-17-22(3)18-19-23(4)20(2)24/h20-21,24H,5-19H2,1-4H3. The van der Waals surface area contributed by atoms with Crippen molar-refractivity contribution in [2.24, 2.45) is 0 Å². The van der Waals surface area contributed by atoms with Crippen molar-refractivity contribution in [3.8, 4) is 0 Å². The lowest BCUT2D eigenvalue weighted by Crippen LogP contribution is -2.38. The van der Waals surface area contributed by atoms with Crippen molar-refractivity contribution < 1.29 is 5.11 Å². The summed E-state index contributed by atoms with van der Waals surface area (Å²) in [4.78, 5) is 4.29. The van der Waals surface area contributed by atoms with E-state index in [1.165, 1.54) is 64.2 Å². The van der Waals surface area contributed by atoms with Gasteiger partial charge in [-0.25, -0.2) is 0 Å². The molecule has 0 saturated carbocycles. The van der Waals surface area contributed by atoms with Crippen molar-refractivity contribution in [1.29, 1.82) is 0 Å². The van der Waals surface area contributed by atoms with Crippen molar-refractivity contribution >= 4 is 0 Å². The zero-order valence-corrected chi connectivity index (χ0v) is 17.0. The van der Waals surface area contributed by atoms with Crippen LogP contribution in [0.1, 0.15) is 78.1 Å². The molecule has 24 heavy (non-hydrogen) atoms. The van der Waals surface area contributed by atoms with E-state index >= 15 is 0 Å². The van der Waals surface area contributed by atoms with E-state index in [2.05, 4.69) is 24.2 Å². The number of unbranched alkanes of at least 4 members (excludes halogenated alkanes) is 9. The second kappa shape index (κ2) is 17.7. The Morgan fingerprint density at radius 3 is 1.83 bits per heavy atom. The Morgan fingerprint density at radius 2 is 1.29 bits per heavy atom. The molecule has 4 nitrogen and oxygen atoms in total. The van der Waals surface area contributed by atoms with Crippen molar-refractivity contribution in [2.75, 3.05) is 46.8 Å². The highest BCUT2D eigenvalue weighted by Gasteiger charge is 2.05. The van der Waals surface area contributed by atoms with Gasteiger partial charge in [0.15, 0.2) is 0 Å². The summed E-state index contributed by atoms with van der Waals surface area (Å²) < 4.78 is 0. The monoisotopic (exact) mass is 343 g/mol. The van der Waals surface area contributed by atoms with Crippen molar-refractivity contribution in [2.45, 2.75) is 84.3 Å². The van der Waals surface area contributed by atoms with Crippen molar-refractivity contribution in [3.05, 3.63) is 0 Å². The fraction of sp³-hybridized carbons (Fsp3) is 1.00. The molecule has 0 radical (unpaired) electrons. The third-order valence-corrected chi connectivity index (χ3v) is 4.85. The third kappa shape index (κ3) is 16.7. The number of rotatable bonds is 18. The first kappa shape index (κ1) is 23.8. The highest BCUT2D eigenvalue weighted by Crippen LogP contribution is 2.10. The van der Waals surface area contributed by atoms with Gasteiger partial charge in [-0.05, 0) is 34.0 Å². The second-order valence-corrected chi connectivity index (χ2v) is 7.35. The number of hydrogen-bond donors (Lipinski definition) is 2. The van der Waals surface area contributed by atoms with Crippen molar-refractivity contribution in [1.82, 2.24) is 15.1 Å². The Hall–Kier alpha value is -0.160. The van der Waals surface area contributed by atoms with Crippen LogP contribution in [-0.4, -0.2) is 68.0 Å². The fourth-order valence-electron chi connectivity index (χ4n) is 2.76. The van der Waals surface area contributed by atoms with E-state index < -0.39 is 0 Å². The average molecular weight is 344 g/mol. The SMILES string of the molecule is CCCCCCCCCCCCNCCN(C)CCN(C)C(C)O. The lowest BCUT2D eigenvalue weighted by molar-refractivity contribution is 0.0335. The number of hydrogen-bond acceptors (Lipinski definition) is 4. The molecule has 0 aliphatic carbocycles. The van der Waals surface area contributed by atoms with Crippen LogP contribution in [0.4, 0.5) is 0 Å². The van der Waals surface area contributed by atoms with E-state index in [1.807, 2.05) is 18.9 Å². The topological polar surface area (TPSA) is 38.7 Å². The van der Waals surface area contributed by atoms with Crippen LogP contribution in [0.5, 0.6) is 0 Å². The number of likely N-dealkylation sites (N-methyl/N-ethyl adjacent to an activating group) is 2. The number of nitrogens with zero attached hydrogens (tertiary/aromatic N) is 2. The molecule has 0 aliphatic rings. The Bertz CT molecular complexity index is 249. The summed E-state index contributed by atoms with van der Waals surface area (Å²) in [5.74, 6) is 0. The summed E-state index contributed by atoms with van der Waals surface area (Å²) in [5, 5.41) is 13.0. The van der Waals surface area contributed by atoms with Crippen LogP contribution in [0.15, 0.2) is 0 Å². The fourth-order valence-corrected chi connectivity index (χ4v) is 2.76. The Morgan fingerprint density at radius 1 is 0.750 bits per heavy atom. The van der Waals surface area contributed by atoms with Crippen LogP contribution in [0.3, 0.4) is 0 Å². The molecule has 4 heteroatoms. The van der Waals surface area contributed by atoms with E-state index in [-0.39, 0.29) is 6.23 Å². The summed E-state index contributed by atoms with van der Waals surface area (Å²) in [6.45, 7) is 9.29. The van der Waals surface area contributed by atoms with Gasteiger partial charge in [0.25, 0.3) is 0 Å². The van der Waals surface area contributed by atoms with Gasteiger partial charge < -0.3 is 15.3 Å². The zero-order valence-electron chi connectivity index (χ0n) is 17.0. The van der Waals surface area contributed by atoms with Crippen LogP contribution < -0.4 is 5.32 Å². The lowest BCUT2D eigenvalue weighted by Gasteiger charge is -2.23. The van der Waals surface area contributed by atoms with E-state index in [0.717, 1.165) is 32.7 Å². The molecule has 1 unspecified atom stereocenters. The molecule has 0 bridgehead atoms. The Kier molecular flexibility index (Phi) is 17.5. The molecule has 0 heterocycles. The summed E-state index contributed by atoms with van der Waals surface area (Å²) in [6, 6.07) is 0. The molecule has 146 valence electrons. The minimum absolute atomic E-state index is 0.354. The molecule has 0 aromatic carbocycles. The van der Waals surface area contributed by atoms with Gasteiger partial charge in [0.1, 0.15) is 6.23 Å². The van der Waals surface area contributed by atoms with Gasteiger partial charge in [0, 0.05) is 26.2 Å². The molecule has 0 rings (SSSR count). The number of nitrogens with one attached hydrogen (secondary N) is 1. The molecule has 0 aromatic heterocycles. The molecule has 1 atom stereocenters. The van der Waals surface area contributed by atoms with Gasteiger partial charge in [-0.15, -0.1) is 0 Å². The molecule has 0 aliphatic heterocycles. The van der Waals surface area contributed by atoms with Crippen LogP contribution in [0.2, 0.25) is 0 Å². The first-order valence-electron chi connectivity index (χ1n) is 10.4. The average Bonchev–Trinajstić information content (AvgIpc) is 2.56. The maximum Gasteiger partial charge on any atom is 0.104 e. The highest BCUT2D eigenvalue weighted by atomic mass is 16.3. The normalized spacial score (nSPS) is 13.1. The molecular weight excluding hydrogens is 298 g/mol. The molecule has 0 spiro atoms. The minimum atomic E-state index is -0.354. The minimum Gasteiger partial charge on any atom is -0.379 e. The summed E-state index contributed by atoms with van der Waals surface area (Å²) in [5.41, 5.74) is 0. The largest absolute Gasteiger partial charge is 0.379 e. The first-order valence-corrected chi connectivity index (χ1v) is 10.4. The third-order valence-electron chi connectivity index (χ3n) is 4.85. The molecule has 0 amide bonds. The lowest BCUT2D eigenvalue weighted by atomic mass is 10.1. The predicted molar refractivity (Wildman–Crippen MR) is 107 cm³/mol. The van der Waals surface area contributed by atoms with Crippen LogP contribution in [0.25, 0.3) is 0 Å². The molecule has 0 saturated heterocycles. The summed E-state index contributed by atoms with van der Waals surface area (Å²) in [7, 11) is 4.11. The first-order chi connectivity index (χ1) is 11.6. The van der Waals surface area contributed by atoms with Gasteiger partial charge in [-0.1, -0.05) is 64.7 Å². The molecule has 0 aromatic rings. The summed E-state index contributed by atoms with van der Waals surface area (Å²) in [6.07, 6.45) is 13.7. The molecule has 0 fully saturated rings. The Balaban J connectivity index is 3.19.